The second-order valence-electron chi connectivity index (χ2n) is 4.89. The quantitative estimate of drug-likeness (QED) is 0.846. The summed E-state index contributed by atoms with van der Waals surface area (Å²) in [5.41, 5.74) is 6.82. The summed E-state index contributed by atoms with van der Waals surface area (Å²) in [7, 11) is 0. The lowest BCUT2D eigenvalue weighted by molar-refractivity contribution is 1.05. The van der Waals surface area contributed by atoms with Gasteiger partial charge in [-0.1, -0.05) is 5.57 Å². The Balaban J connectivity index is 1.97. The number of anilines is 1. The van der Waals surface area contributed by atoms with Crippen molar-refractivity contribution in [1.29, 1.82) is 0 Å². The molecule has 0 saturated carbocycles. The smallest absolute Gasteiger partial charge is 0.158 e. The Morgan fingerprint density at radius 3 is 2.79 bits per heavy atom. The first-order valence-corrected chi connectivity index (χ1v) is 7.17. The van der Waals surface area contributed by atoms with Gasteiger partial charge in [-0.2, -0.15) is 5.10 Å². The van der Waals surface area contributed by atoms with Crippen LogP contribution in [0, 0.1) is 13.8 Å². The number of nitrogens with one attached hydrogen (secondary N) is 1. The van der Waals surface area contributed by atoms with Crippen LogP contribution >= 0.6 is 11.3 Å². The van der Waals surface area contributed by atoms with E-state index in [0.717, 1.165) is 34.6 Å². The third-order valence-corrected chi connectivity index (χ3v) is 4.57. The van der Waals surface area contributed by atoms with Crippen LogP contribution in [0.4, 0.5) is 5.82 Å². The molecule has 0 bridgehead atoms. The number of fused-ring (bicyclic) bond motifs is 1. The first-order chi connectivity index (χ1) is 9.15. The first kappa shape index (κ1) is 12.3. The maximum absolute atomic E-state index is 4.45. The van der Waals surface area contributed by atoms with Crippen molar-refractivity contribution in [2.45, 2.75) is 33.6 Å². The van der Waals surface area contributed by atoms with Crippen LogP contribution in [0.3, 0.4) is 0 Å². The van der Waals surface area contributed by atoms with Crippen LogP contribution in [0.15, 0.2) is 23.1 Å². The molecule has 0 unspecified atom stereocenters. The zero-order valence-electron chi connectivity index (χ0n) is 11.3. The lowest BCUT2D eigenvalue weighted by Gasteiger charge is -2.02. The average molecular weight is 272 g/mol. The van der Waals surface area contributed by atoms with Gasteiger partial charge in [0, 0.05) is 4.88 Å². The highest BCUT2D eigenvalue weighted by Crippen LogP contribution is 2.32. The molecule has 2 heterocycles. The van der Waals surface area contributed by atoms with E-state index in [1.54, 1.807) is 17.7 Å². The highest BCUT2D eigenvalue weighted by Gasteiger charge is 2.12. The van der Waals surface area contributed by atoms with Gasteiger partial charge in [0.15, 0.2) is 5.82 Å². The van der Waals surface area contributed by atoms with E-state index in [1.165, 1.54) is 16.0 Å². The maximum atomic E-state index is 4.45. The Labute approximate surface area is 116 Å². The number of aromatic nitrogens is 2. The molecule has 0 radical (unpaired) electrons. The molecule has 4 nitrogen and oxygen atoms in total. The number of allylic oxidation sites excluding steroid dienone is 2. The molecule has 1 aliphatic carbocycles. The Hall–Kier alpha value is -1.75. The van der Waals surface area contributed by atoms with E-state index in [0.29, 0.717) is 0 Å². The lowest BCUT2D eigenvalue weighted by Crippen LogP contribution is -1.98. The van der Waals surface area contributed by atoms with Crippen LogP contribution in [0.1, 0.15) is 30.2 Å². The van der Waals surface area contributed by atoms with Crippen molar-refractivity contribution in [3.05, 3.63) is 28.4 Å². The molecular formula is C14H16N4S. The van der Waals surface area contributed by atoms with Gasteiger partial charge in [0.05, 0.1) is 11.1 Å². The number of hydrogen-bond acceptors (Lipinski definition) is 5. The summed E-state index contributed by atoms with van der Waals surface area (Å²) in [6, 6.07) is 0. The van der Waals surface area contributed by atoms with Gasteiger partial charge in [-0.3, -0.25) is 5.43 Å². The van der Waals surface area contributed by atoms with E-state index in [-0.39, 0.29) is 0 Å². The van der Waals surface area contributed by atoms with Crippen LogP contribution in [0.25, 0.3) is 10.2 Å². The van der Waals surface area contributed by atoms with Gasteiger partial charge >= 0.3 is 0 Å². The number of thiophene rings is 1. The van der Waals surface area contributed by atoms with E-state index in [1.807, 2.05) is 0 Å². The molecule has 0 spiro atoms. The van der Waals surface area contributed by atoms with Crippen molar-refractivity contribution in [3.8, 4) is 0 Å². The van der Waals surface area contributed by atoms with Crippen molar-refractivity contribution in [2.75, 3.05) is 5.43 Å². The highest BCUT2D eigenvalue weighted by atomic mass is 32.1. The van der Waals surface area contributed by atoms with Crippen molar-refractivity contribution in [3.63, 3.8) is 0 Å². The summed E-state index contributed by atoms with van der Waals surface area (Å²) in [6.07, 6.45) is 5.85. The molecule has 2 aromatic heterocycles. The molecule has 0 aromatic carbocycles. The van der Waals surface area contributed by atoms with Crippen molar-refractivity contribution in [1.82, 2.24) is 9.97 Å². The maximum Gasteiger partial charge on any atom is 0.158 e. The Morgan fingerprint density at radius 2 is 2.05 bits per heavy atom. The van der Waals surface area contributed by atoms with Gasteiger partial charge in [0.2, 0.25) is 0 Å². The van der Waals surface area contributed by atoms with E-state index >= 15 is 0 Å². The molecule has 3 rings (SSSR count). The van der Waals surface area contributed by atoms with E-state index < -0.39 is 0 Å². The third kappa shape index (κ3) is 2.26. The molecule has 1 N–H and O–H groups in total. The topological polar surface area (TPSA) is 50.2 Å². The SMILES string of the molecule is CC1=C/C(=N/Nc2ncnc3sc(C)c(C)c23)CC1. The highest BCUT2D eigenvalue weighted by molar-refractivity contribution is 7.18. The summed E-state index contributed by atoms with van der Waals surface area (Å²) >= 11 is 1.70. The fourth-order valence-electron chi connectivity index (χ4n) is 2.23. The minimum absolute atomic E-state index is 0.803. The molecule has 0 atom stereocenters. The minimum Gasteiger partial charge on any atom is -0.260 e. The lowest BCUT2D eigenvalue weighted by atomic mass is 10.2. The summed E-state index contributed by atoms with van der Waals surface area (Å²) in [4.78, 5) is 10.9. The number of hydrazone groups is 1. The summed E-state index contributed by atoms with van der Waals surface area (Å²) in [5.74, 6) is 0.803. The van der Waals surface area contributed by atoms with Gasteiger partial charge in [-0.15, -0.1) is 11.3 Å². The molecule has 1 aliphatic rings. The molecule has 0 saturated heterocycles. The predicted molar refractivity (Wildman–Crippen MR) is 80.9 cm³/mol. The second kappa shape index (κ2) is 4.74. The Morgan fingerprint density at radius 1 is 1.21 bits per heavy atom. The normalized spacial score (nSPS) is 17.2. The minimum atomic E-state index is 0.803. The molecular weight excluding hydrogens is 256 g/mol. The van der Waals surface area contributed by atoms with Crippen molar-refractivity contribution in [2.24, 2.45) is 5.10 Å². The van der Waals surface area contributed by atoms with Crippen LogP contribution < -0.4 is 5.43 Å². The van der Waals surface area contributed by atoms with Crippen LogP contribution in [-0.4, -0.2) is 15.7 Å². The number of aryl methyl sites for hydroxylation is 2. The molecule has 0 aliphatic heterocycles. The second-order valence-corrected chi connectivity index (χ2v) is 6.09. The van der Waals surface area contributed by atoms with E-state index in [4.69, 9.17) is 0 Å². The van der Waals surface area contributed by atoms with Crippen LogP contribution in [-0.2, 0) is 0 Å². The Kier molecular flexibility index (Phi) is 3.06. The monoisotopic (exact) mass is 272 g/mol. The zero-order chi connectivity index (χ0) is 13.4. The largest absolute Gasteiger partial charge is 0.260 e. The average Bonchev–Trinajstić information content (AvgIpc) is 2.93. The third-order valence-electron chi connectivity index (χ3n) is 3.46. The van der Waals surface area contributed by atoms with Gasteiger partial charge in [-0.05, 0) is 45.3 Å². The van der Waals surface area contributed by atoms with Gasteiger partial charge in [0.1, 0.15) is 11.2 Å². The predicted octanol–water partition coefficient (Wildman–Crippen LogP) is 3.82. The number of rotatable bonds is 2. The number of nitrogens with zero attached hydrogens (tertiary/aromatic N) is 3. The first-order valence-electron chi connectivity index (χ1n) is 6.35. The van der Waals surface area contributed by atoms with Crippen LogP contribution in [0.2, 0.25) is 0 Å². The summed E-state index contributed by atoms with van der Waals surface area (Å²) < 4.78 is 0. The van der Waals surface area contributed by atoms with Crippen molar-refractivity contribution < 1.29 is 0 Å². The molecule has 98 valence electrons. The Bertz CT molecular complexity index is 697. The zero-order valence-corrected chi connectivity index (χ0v) is 12.1. The fraction of sp³-hybridized carbons (Fsp3) is 0.357. The van der Waals surface area contributed by atoms with Crippen LogP contribution in [0.5, 0.6) is 0 Å². The van der Waals surface area contributed by atoms with Gasteiger partial charge < -0.3 is 0 Å². The molecule has 0 fully saturated rings. The van der Waals surface area contributed by atoms with Gasteiger partial charge in [-0.25, -0.2) is 9.97 Å². The fourth-order valence-corrected chi connectivity index (χ4v) is 3.23. The molecule has 19 heavy (non-hydrogen) atoms. The molecule has 5 heteroatoms. The molecule has 0 amide bonds. The van der Waals surface area contributed by atoms with Gasteiger partial charge in [0.25, 0.3) is 0 Å². The summed E-state index contributed by atoms with van der Waals surface area (Å²) in [5, 5.41) is 5.54. The van der Waals surface area contributed by atoms with E-state index in [9.17, 15) is 0 Å². The molecule has 2 aromatic rings. The standard InChI is InChI=1S/C14H16N4S/c1-8-4-5-11(6-8)17-18-13-12-9(2)10(3)19-14(12)16-7-15-13/h6-7H,4-5H2,1-3H3,(H,15,16,18)/b17-11+. The van der Waals surface area contributed by atoms with E-state index in [2.05, 4.69) is 47.3 Å². The van der Waals surface area contributed by atoms with Crippen molar-refractivity contribution >= 4 is 33.1 Å². The summed E-state index contributed by atoms with van der Waals surface area (Å²) in [6.45, 7) is 6.35. The number of hydrogen-bond donors (Lipinski definition) is 1.